The van der Waals surface area contributed by atoms with Gasteiger partial charge in [-0.25, -0.2) is 0 Å². The fraction of sp³-hybridized carbons (Fsp3) is 0.174. The van der Waals surface area contributed by atoms with E-state index in [0.29, 0.717) is 16.6 Å². The number of thioether (sulfide) groups is 1. The van der Waals surface area contributed by atoms with E-state index in [1.165, 1.54) is 11.8 Å². The van der Waals surface area contributed by atoms with Crippen LogP contribution in [0.25, 0.3) is 0 Å². The number of nitrogens with one attached hydrogen (secondary N) is 1. The molecule has 0 aliphatic carbocycles. The van der Waals surface area contributed by atoms with Gasteiger partial charge in [0, 0.05) is 21.5 Å². The van der Waals surface area contributed by atoms with Crippen LogP contribution in [0, 0.1) is 0 Å². The van der Waals surface area contributed by atoms with Gasteiger partial charge in [0.25, 0.3) is 0 Å². The van der Waals surface area contributed by atoms with Crippen LogP contribution in [0.1, 0.15) is 18.1 Å². The van der Waals surface area contributed by atoms with Crippen molar-refractivity contribution in [2.24, 2.45) is 0 Å². The third-order valence-corrected chi connectivity index (χ3v) is 6.27. The Kier molecular flexibility index (Phi) is 7.12. The highest BCUT2D eigenvalue weighted by atomic mass is 35.5. The molecule has 0 aliphatic rings. The molecule has 1 unspecified atom stereocenters. The van der Waals surface area contributed by atoms with Crippen LogP contribution in [-0.2, 0) is 16.1 Å². The van der Waals surface area contributed by atoms with Crippen molar-refractivity contribution in [1.29, 1.82) is 0 Å². The molecule has 0 fully saturated rings. The van der Waals surface area contributed by atoms with Crippen LogP contribution in [0.4, 0.5) is 0 Å². The van der Waals surface area contributed by atoms with E-state index in [9.17, 15) is 4.79 Å². The van der Waals surface area contributed by atoms with Gasteiger partial charge in [-0.3, -0.25) is 4.79 Å². The average molecular weight is 446 g/mol. The van der Waals surface area contributed by atoms with Crippen molar-refractivity contribution in [3.63, 3.8) is 0 Å². The second kappa shape index (κ2) is 9.57. The highest BCUT2D eigenvalue weighted by molar-refractivity contribution is 8.01. The van der Waals surface area contributed by atoms with Crippen molar-refractivity contribution in [2.45, 2.75) is 23.1 Å². The molecule has 1 atom stereocenters. The van der Waals surface area contributed by atoms with Gasteiger partial charge in [0.1, 0.15) is 10.5 Å². The average Bonchev–Trinajstić information content (AvgIpc) is 2.72. The number of hydrogen-bond donors (Lipinski definition) is 1. The first-order chi connectivity index (χ1) is 13.9. The van der Waals surface area contributed by atoms with Crippen molar-refractivity contribution in [2.75, 3.05) is 7.11 Å². The van der Waals surface area contributed by atoms with E-state index in [4.69, 9.17) is 27.9 Å². The largest absolute Gasteiger partial charge is 0.497 e. The lowest BCUT2D eigenvalue weighted by Gasteiger charge is -2.29. The number of ether oxygens (including phenoxy) is 1. The highest BCUT2D eigenvalue weighted by Crippen LogP contribution is 2.43. The normalized spacial score (nSPS) is 12.8. The molecule has 3 rings (SSSR count). The maximum Gasteiger partial charge on any atom is 0.241 e. The molecular formula is C23H21Cl2NO2S. The summed E-state index contributed by atoms with van der Waals surface area (Å²) in [6.07, 6.45) is 0. The molecule has 0 bridgehead atoms. The molecule has 0 saturated carbocycles. The summed E-state index contributed by atoms with van der Waals surface area (Å²) in [6, 6.07) is 22.6. The van der Waals surface area contributed by atoms with Gasteiger partial charge in [-0.15, -0.1) is 11.8 Å². The topological polar surface area (TPSA) is 38.3 Å². The minimum absolute atomic E-state index is 0.132. The number of methoxy groups -OCH3 is 1. The smallest absolute Gasteiger partial charge is 0.241 e. The van der Waals surface area contributed by atoms with E-state index in [-0.39, 0.29) is 5.91 Å². The Balaban J connectivity index is 1.90. The van der Waals surface area contributed by atoms with Crippen molar-refractivity contribution >= 4 is 40.9 Å². The van der Waals surface area contributed by atoms with E-state index in [2.05, 4.69) is 5.32 Å². The van der Waals surface area contributed by atoms with Gasteiger partial charge in [-0.05, 0) is 60.5 Å². The molecule has 3 nitrogen and oxygen atoms in total. The Labute approximate surface area is 185 Å². The van der Waals surface area contributed by atoms with Crippen molar-refractivity contribution in [1.82, 2.24) is 5.32 Å². The van der Waals surface area contributed by atoms with Gasteiger partial charge in [0.2, 0.25) is 5.91 Å². The molecular weight excluding hydrogens is 425 g/mol. The summed E-state index contributed by atoms with van der Waals surface area (Å²) in [5.41, 5.74) is 1.70. The van der Waals surface area contributed by atoms with Gasteiger partial charge >= 0.3 is 0 Å². The molecule has 0 heterocycles. The Morgan fingerprint density at radius 2 is 1.69 bits per heavy atom. The zero-order chi connectivity index (χ0) is 20.9. The quantitative estimate of drug-likeness (QED) is 0.432. The molecule has 3 aromatic rings. The molecule has 3 aromatic carbocycles. The maximum absolute atomic E-state index is 13.4. The van der Waals surface area contributed by atoms with E-state index in [1.807, 2.05) is 61.5 Å². The minimum atomic E-state index is -0.922. The molecule has 29 heavy (non-hydrogen) atoms. The van der Waals surface area contributed by atoms with E-state index >= 15 is 0 Å². The van der Waals surface area contributed by atoms with Crippen LogP contribution in [0.2, 0.25) is 10.0 Å². The first kappa shape index (κ1) is 21.6. The number of rotatable bonds is 7. The summed E-state index contributed by atoms with van der Waals surface area (Å²) in [5, 5.41) is 4.03. The predicted molar refractivity (Wildman–Crippen MR) is 121 cm³/mol. The fourth-order valence-corrected chi connectivity index (χ4v) is 4.61. The number of benzene rings is 3. The van der Waals surface area contributed by atoms with Crippen LogP contribution in [0.5, 0.6) is 5.75 Å². The van der Waals surface area contributed by atoms with E-state index in [0.717, 1.165) is 21.8 Å². The van der Waals surface area contributed by atoms with Gasteiger partial charge in [0.05, 0.1) is 7.11 Å². The zero-order valence-corrected chi connectivity index (χ0v) is 18.4. The Bertz CT molecular complexity index is 977. The zero-order valence-electron chi connectivity index (χ0n) is 16.1. The summed E-state index contributed by atoms with van der Waals surface area (Å²) < 4.78 is 4.34. The maximum atomic E-state index is 13.4. The second-order valence-corrected chi connectivity index (χ2v) is 9.01. The van der Waals surface area contributed by atoms with Crippen molar-refractivity contribution < 1.29 is 9.53 Å². The number of amides is 1. The van der Waals surface area contributed by atoms with E-state index < -0.39 is 4.75 Å². The minimum Gasteiger partial charge on any atom is -0.497 e. The summed E-state index contributed by atoms with van der Waals surface area (Å²) in [7, 11) is 1.62. The summed E-state index contributed by atoms with van der Waals surface area (Å²) in [4.78, 5) is 14.3. The number of halogens is 2. The number of carbonyl (C=O) groups is 1. The third-order valence-electron chi connectivity index (χ3n) is 4.50. The van der Waals surface area contributed by atoms with Gasteiger partial charge in [0.15, 0.2) is 0 Å². The van der Waals surface area contributed by atoms with Crippen molar-refractivity contribution in [3.05, 3.63) is 94.0 Å². The van der Waals surface area contributed by atoms with Gasteiger partial charge in [-0.2, -0.15) is 0 Å². The molecule has 0 aliphatic heterocycles. The van der Waals surface area contributed by atoms with Gasteiger partial charge < -0.3 is 10.1 Å². The molecule has 150 valence electrons. The SMILES string of the molecule is COc1cccc(CNC(=O)C(C)(Sc2ccccc2)c2cc(Cl)cc(Cl)c2)c1. The number of carbonyl (C=O) groups excluding carboxylic acids is 1. The Morgan fingerprint density at radius 3 is 2.34 bits per heavy atom. The summed E-state index contributed by atoms with van der Waals surface area (Å²) in [5.74, 6) is 0.618. The Morgan fingerprint density at radius 1 is 1.00 bits per heavy atom. The Hall–Kier alpha value is -2.14. The van der Waals surface area contributed by atoms with Crippen LogP contribution in [0.3, 0.4) is 0 Å². The summed E-state index contributed by atoms with van der Waals surface area (Å²) >= 11 is 13.9. The molecule has 0 aromatic heterocycles. The lowest BCUT2D eigenvalue weighted by atomic mass is 9.99. The standard InChI is InChI=1S/C23H21Cl2NO2S/c1-23(29-21-9-4-3-5-10-21,17-12-18(24)14-19(25)13-17)22(27)26-15-16-7-6-8-20(11-16)28-2/h3-14H,15H2,1-2H3,(H,26,27). The first-order valence-electron chi connectivity index (χ1n) is 9.02. The van der Waals surface area contributed by atoms with Crippen LogP contribution in [-0.4, -0.2) is 13.0 Å². The highest BCUT2D eigenvalue weighted by Gasteiger charge is 2.37. The lowest BCUT2D eigenvalue weighted by Crippen LogP contribution is -2.39. The van der Waals surface area contributed by atoms with Crippen LogP contribution < -0.4 is 10.1 Å². The molecule has 1 N–H and O–H groups in total. The molecule has 1 amide bonds. The molecule has 0 saturated heterocycles. The summed E-state index contributed by atoms with van der Waals surface area (Å²) in [6.45, 7) is 2.27. The molecule has 0 spiro atoms. The first-order valence-corrected chi connectivity index (χ1v) is 10.6. The van der Waals surface area contributed by atoms with Gasteiger partial charge in [-0.1, -0.05) is 53.5 Å². The van der Waals surface area contributed by atoms with E-state index in [1.54, 1.807) is 25.3 Å². The second-order valence-electron chi connectivity index (χ2n) is 6.64. The fourth-order valence-electron chi connectivity index (χ4n) is 2.92. The molecule has 6 heteroatoms. The molecule has 0 radical (unpaired) electrons. The predicted octanol–water partition coefficient (Wildman–Crippen LogP) is 6.33. The third kappa shape index (κ3) is 5.47. The number of hydrogen-bond acceptors (Lipinski definition) is 3. The van der Waals surface area contributed by atoms with Crippen LogP contribution in [0.15, 0.2) is 77.7 Å². The monoisotopic (exact) mass is 445 g/mol. The van der Waals surface area contributed by atoms with Crippen molar-refractivity contribution in [3.8, 4) is 5.75 Å². The lowest BCUT2D eigenvalue weighted by molar-refractivity contribution is -0.123. The van der Waals surface area contributed by atoms with Crippen LogP contribution >= 0.6 is 35.0 Å².